The summed E-state index contributed by atoms with van der Waals surface area (Å²) in [5, 5.41) is 11.7. The van der Waals surface area contributed by atoms with Crippen molar-refractivity contribution in [3.63, 3.8) is 0 Å². The summed E-state index contributed by atoms with van der Waals surface area (Å²) in [6, 6.07) is 0. The lowest BCUT2D eigenvalue weighted by atomic mass is 9.97. The molecule has 70 valence electrons. The van der Waals surface area contributed by atoms with Crippen molar-refractivity contribution in [2.45, 2.75) is 26.2 Å². The van der Waals surface area contributed by atoms with Gasteiger partial charge in [-0.25, -0.2) is 0 Å². The van der Waals surface area contributed by atoms with Gasteiger partial charge in [0.15, 0.2) is 5.78 Å². The minimum Gasteiger partial charge on any atom is -0.411 e. The monoisotopic (exact) mass is 179 g/mol. The summed E-state index contributed by atoms with van der Waals surface area (Å²) in [5.74, 6) is 0.0361. The molecule has 0 aliphatic heterocycles. The Balaban J connectivity index is 2.61. The fourth-order valence-corrected chi connectivity index (χ4v) is 1.26. The molecule has 0 amide bonds. The maximum absolute atomic E-state index is 10.6. The van der Waals surface area contributed by atoms with Gasteiger partial charge in [-0.3, -0.25) is 4.79 Å². The lowest BCUT2D eigenvalue weighted by Gasteiger charge is -2.09. The molecule has 0 heterocycles. The van der Waals surface area contributed by atoms with E-state index in [-0.39, 0.29) is 5.78 Å². The highest BCUT2D eigenvalue weighted by molar-refractivity contribution is 5.90. The summed E-state index contributed by atoms with van der Waals surface area (Å²) >= 11 is 0. The number of rotatable bonds is 2. The van der Waals surface area contributed by atoms with Gasteiger partial charge >= 0.3 is 0 Å². The summed E-state index contributed by atoms with van der Waals surface area (Å²) < 4.78 is 0. The molecule has 0 aromatic carbocycles. The van der Waals surface area contributed by atoms with Crippen LogP contribution in [0.15, 0.2) is 29.0 Å². The van der Waals surface area contributed by atoms with E-state index in [1.807, 2.05) is 0 Å². The van der Waals surface area contributed by atoms with Crippen molar-refractivity contribution in [3.8, 4) is 0 Å². The molecule has 0 spiro atoms. The number of hydrogen-bond acceptors (Lipinski definition) is 3. The van der Waals surface area contributed by atoms with E-state index in [1.54, 1.807) is 6.08 Å². The molecule has 0 unspecified atom stereocenters. The van der Waals surface area contributed by atoms with Gasteiger partial charge in [-0.15, -0.1) is 0 Å². The number of oxime groups is 1. The van der Waals surface area contributed by atoms with Gasteiger partial charge in [0, 0.05) is 6.42 Å². The number of hydrogen-bond donors (Lipinski definition) is 1. The molecule has 3 nitrogen and oxygen atoms in total. The predicted molar refractivity (Wildman–Crippen MR) is 51.0 cm³/mol. The number of carbonyl (C=O) groups excluding carboxylic acids is 1. The molecule has 0 atom stereocenters. The maximum atomic E-state index is 10.6. The molecule has 1 rings (SSSR count). The standard InChI is InChI=1S/C10H13NO2/c1-8(12)5-6-9-3-2-4-10(7-9)11-13/h3,5-6,13H,2,4,7H2,1H3/b6-5+,11-10-. The molecular weight excluding hydrogens is 166 g/mol. The van der Waals surface area contributed by atoms with Crippen molar-refractivity contribution in [2.75, 3.05) is 0 Å². The lowest BCUT2D eigenvalue weighted by Crippen LogP contribution is -2.04. The molecule has 1 aliphatic carbocycles. The van der Waals surface area contributed by atoms with Crippen molar-refractivity contribution in [1.29, 1.82) is 0 Å². The van der Waals surface area contributed by atoms with Crippen molar-refractivity contribution in [1.82, 2.24) is 0 Å². The zero-order chi connectivity index (χ0) is 9.68. The van der Waals surface area contributed by atoms with E-state index >= 15 is 0 Å². The average Bonchev–Trinajstić information content (AvgIpc) is 2.15. The topological polar surface area (TPSA) is 49.7 Å². The number of allylic oxidation sites excluding steroid dienone is 4. The third-order valence-electron chi connectivity index (χ3n) is 1.92. The van der Waals surface area contributed by atoms with Crippen LogP contribution >= 0.6 is 0 Å². The second kappa shape index (κ2) is 4.60. The normalized spacial score (nSPS) is 20.7. The number of ketones is 1. The van der Waals surface area contributed by atoms with Crippen molar-refractivity contribution in [2.24, 2.45) is 5.16 Å². The number of carbonyl (C=O) groups is 1. The molecule has 0 fully saturated rings. The van der Waals surface area contributed by atoms with Gasteiger partial charge < -0.3 is 5.21 Å². The highest BCUT2D eigenvalue weighted by Crippen LogP contribution is 2.16. The van der Waals surface area contributed by atoms with Gasteiger partial charge in [0.25, 0.3) is 0 Å². The number of nitrogens with zero attached hydrogens (tertiary/aromatic N) is 1. The first-order valence-corrected chi connectivity index (χ1v) is 4.30. The summed E-state index contributed by atoms with van der Waals surface area (Å²) in [5.41, 5.74) is 1.83. The first kappa shape index (κ1) is 9.71. The zero-order valence-corrected chi connectivity index (χ0v) is 7.66. The van der Waals surface area contributed by atoms with Gasteiger partial charge in [-0.1, -0.05) is 17.3 Å². The van der Waals surface area contributed by atoms with E-state index in [2.05, 4.69) is 11.2 Å². The van der Waals surface area contributed by atoms with E-state index < -0.39 is 0 Å². The smallest absolute Gasteiger partial charge is 0.152 e. The molecule has 0 aromatic heterocycles. The largest absolute Gasteiger partial charge is 0.411 e. The van der Waals surface area contributed by atoms with Gasteiger partial charge in [-0.05, 0) is 31.4 Å². The van der Waals surface area contributed by atoms with Crippen LogP contribution in [0.4, 0.5) is 0 Å². The molecule has 0 saturated carbocycles. The molecular formula is C10H13NO2. The molecule has 0 bridgehead atoms. The van der Waals surface area contributed by atoms with Crippen LogP contribution in [0, 0.1) is 0 Å². The average molecular weight is 179 g/mol. The Kier molecular flexibility index (Phi) is 3.43. The Bertz CT molecular complexity index is 287. The van der Waals surface area contributed by atoms with Crippen LogP contribution in [0.3, 0.4) is 0 Å². The van der Waals surface area contributed by atoms with Crippen molar-refractivity contribution in [3.05, 3.63) is 23.8 Å². The van der Waals surface area contributed by atoms with Gasteiger partial charge in [-0.2, -0.15) is 0 Å². The summed E-state index contributed by atoms with van der Waals surface area (Å²) in [6.45, 7) is 1.51. The van der Waals surface area contributed by atoms with Gasteiger partial charge in [0.2, 0.25) is 0 Å². The zero-order valence-electron chi connectivity index (χ0n) is 7.66. The third-order valence-corrected chi connectivity index (χ3v) is 1.92. The fraction of sp³-hybridized carbons (Fsp3) is 0.400. The molecule has 0 aromatic rings. The van der Waals surface area contributed by atoms with Crippen molar-refractivity contribution >= 4 is 11.5 Å². The summed E-state index contributed by atoms with van der Waals surface area (Å²) in [7, 11) is 0. The van der Waals surface area contributed by atoms with Crippen LogP contribution in [0.2, 0.25) is 0 Å². The second-order valence-corrected chi connectivity index (χ2v) is 3.10. The van der Waals surface area contributed by atoms with Crippen LogP contribution in [-0.4, -0.2) is 16.7 Å². The van der Waals surface area contributed by atoms with E-state index in [1.165, 1.54) is 13.0 Å². The Labute approximate surface area is 77.4 Å². The van der Waals surface area contributed by atoms with E-state index in [0.29, 0.717) is 6.42 Å². The maximum Gasteiger partial charge on any atom is 0.152 e. The quantitative estimate of drug-likeness (QED) is 0.401. The predicted octanol–water partition coefficient (Wildman–Crippen LogP) is 2.07. The third kappa shape index (κ3) is 3.23. The summed E-state index contributed by atoms with van der Waals surface area (Å²) in [4.78, 5) is 10.6. The lowest BCUT2D eigenvalue weighted by molar-refractivity contribution is -0.112. The molecule has 0 radical (unpaired) electrons. The highest BCUT2D eigenvalue weighted by Gasteiger charge is 2.07. The Hall–Kier alpha value is -1.38. The van der Waals surface area contributed by atoms with Crippen molar-refractivity contribution < 1.29 is 10.0 Å². The van der Waals surface area contributed by atoms with E-state index in [0.717, 1.165) is 24.1 Å². The van der Waals surface area contributed by atoms with Crippen LogP contribution in [-0.2, 0) is 4.79 Å². The Morgan fingerprint density at radius 3 is 3.08 bits per heavy atom. The Morgan fingerprint density at radius 2 is 2.46 bits per heavy atom. The van der Waals surface area contributed by atoms with Crippen LogP contribution < -0.4 is 0 Å². The minimum atomic E-state index is 0.0361. The van der Waals surface area contributed by atoms with E-state index in [9.17, 15) is 4.79 Å². The van der Waals surface area contributed by atoms with Gasteiger partial charge in [0.1, 0.15) is 0 Å². The summed E-state index contributed by atoms with van der Waals surface area (Å²) in [6.07, 6.45) is 7.73. The van der Waals surface area contributed by atoms with E-state index in [4.69, 9.17) is 5.21 Å². The molecule has 1 aliphatic rings. The van der Waals surface area contributed by atoms with Gasteiger partial charge in [0.05, 0.1) is 5.71 Å². The van der Waals surface area contributed by atoms with Crippen LogP contribution in [0.1, 0.15) is 26.2 Å². The first-order valence-electron chi connectivity index (χ1n) is 4.30. The second-order valence-electron chi connectivity index (χ2n) is 3.10. The molecule has 1 N–H and O–H groups in total. The SMILES string of the molecule is CC(=O)/C=C/C1=CCC/C(=N/O)C1. The van der Waals surface area contributed by atoms with Crippen LogP contribution in [0.5, 0.6) is 0 Å². The fourth-order valence-electron chi connectivity index (χ4n) is 1.26. The molecule has 3 heteroatoms. The Morgan fingerprint density at radius 1 is 1.69 bits per heavy atom. The first-order chi connectivity index (χ1) is 6.22. The minimum absolute atomic E-state index is 0.0361. The highest BCUT2D eigenvalue weighted by atomic mass is 16.4. The molecule has 0 saturated heterocycles. The van der Waals surface area contributed by atoms with Crippen LogP contribution in [0.25, 0.3) is 0 Å². The molecule has 13 heavy (non-hydrogen) atoms.